The molecule has 2 saturated heterocycles. The molecule has 0 saturated carbocycles. The second-order valence-electron chi connectivity index (χ2n) is 7.42. The topological polar surface area (TPSA) is 87.7 Å². The summed E-state index contributed by atoms with van der Waals surface area (Å²) in [7, 11) is -1.75. The molecule has 0 aromatic heterocycles. The van der Waals surface area contributed by atoms with Gasteiger partial charge in [-0.05, 0) is 53.5 Å². The van der Waals surface area contributed by atoms with Gasteiger partial charge >= 0.3 is 6.09 Å². The van der Waals surface area contributed by atoms with Gasteiger partial charge in [0.1, 0.15) is 5.60 Å². The van der Waals surface area contributed by atoms with Gasteiger partial charge in [0.15, 0.2) is 0 Å². The highest BCUT2D eigenvalue weighted by Crippen LogP contribution is 2.36. The standard InChI is InChI=1S/C15H29N3O4S/c1-15(2,3)22-14(19)18-12-5-6-13(18)10-11(9-12)17-7-8-23(20,21)16-4/h11-13,16-17H,5-10H2,1-4H3. The van der Waals surface area contributed by atoms with Gasteiger partial charge in [0.25, 0.3) is 0 Å². The molecule has 2 fully saturated rings. The van der Waals surface area contributed by atoms with Crippen LogP contribution >= 0.6 is 0 Å². The maximum absolute atomic E-state index is 12.4. The number of hydrogen-bond acceptors (Lipinski definition) is 5. The Bertz CT molecular complexity index is 515. The molecule has 134 valence electrons. The molecule has 0 aliphatic carbocycles. The van der Waals surface area contributed by atoms with Crippen LogP contribution < -0.4 is 10.0 Å². The number of hydrogen-bond donors (Lipinski definition) is 2. The van der Waals surface area contributed by atoms with E-state index in [1.807, 2.05) is 25.7 Å². The lowest BCUT2D eigenvalue weighted by atomic mass is 9.98. The first-order valence-electron chi connectivity index (χ1n) is 8.27. The average Bonchev–Trinajstić information content (AvgIpc) is 2.69. The Kier molecular flexibility index (Phi) is 5.58. The van der Waals surface area contributed by atoms with Gasteiger partial charge in [0.2, 0.25) is 10.0 Å². The van der Waals surface area contributed by atoms with Crippen molar-refractivity contribution >= 4 is 16.1 Å². The molecule has 2 bridgehead atoms. The highest BCUT2D eigenvalue weighted by atomic mass is 32.2. The molecule has 0 aromatic carbocycles. The number of carbonyl (C=O) groups is 1. The van der Waals surface area contributed by atoms with Crippen molar-refractivity contribution in [1.82, 2.24) is 14.9 Å². The Morgan fingerprint density at radius 3 is 2.26 bits per heavy atom. The quantitative estimate of drug-likeness (QED) is 0.776. The Morgan fingerprint density at radius 2 is 1.78 bits per heavy atom. The molecular formula is C15H29N3O4S. The molecule has 0 spiro atoms. The minimum atomic E-state index is -3.17. The van der Waals surface area contributed by atoms with Gasteiger partial charge in [0, 0.05) is 24.7 Å². The number of fused-ring (bicyclic) bond motifs is 2. The maximum atomic E-state index is 12.4. The van der Waals surface area contributed by atoms with Crippen molar-refractivity contribution in [3.05, 3.63) is 0 Å². The smallest absolute Gasteiger partial charge is 0.410 e. The maximum Gasteiger partial charge on any atom is 0.410 e. The molecule has 1 amide bonds. The molecule has 2 atom stereocenters. The van der Waals surface area contributed by atoms with Crippen LogP contribution in [0.15, 0.2) is 0 Å². The molecule has 2 heterocycles. The zero-order valence-corrected chi connectivity index (χ0v) is 15.3. The summed E-state index contributed by atoms with van der Waals surface area (Å²) in [4.78, 5) is 14.3. The number of nitrogens with zero attached hydrogens (tertiary/aromatic N) is 1. The van der Waals surface area contributed by atoms with Crippen LogP contribution in [0.1, 0.15) is 46.5 Å². The second-order valence-corrected chi connectivity index (χ2v) is 9.46. The lowest BCUT2D eigenvalue weighted by Gasteiger charge is -2.39. The van der Waals surface area contributed by atoms with Crippen LogP contribution in [0, 0.1) is 0 Å². The van der Waals surface area contributed by atoms with E-state index in [0.717, 1.165) is 25.7 Å². The predicted octanol–water partition coefficient (Wildman–Crippen LogP) is 1.06. The van der Waals surface area contributed by atoms with Crippen molar-refractivity contribution in [3.8, 4) is 0 Å². The van der Waals surface area contributed by atoms with Crippen LogP contribution in [-0.4, -0.2) is 62.5 Å². The largest absolute Gasteiger partial charge is 0.444 e. The number of rotatable bonds is 5. The number of amides is 1. The van der Waals surface area contributed by atoms with Crippen molar-refractivity contribution in [2.24, 2.45) is 0 Å². The lowest BCUT2D eigenvalue weighted by Crippen LogP contribution is -2.53. The first-order valence-corrected chi connectivity index (χ1v) is 9.92. The van der Waals surface area contributed by atoms with Gasteiger partial charge in [0.05, 0.1) is 5.75 Å². The van der Waals surface area contributed by atoms with Gasteiger partial charge in [-0.15, -0.1) is 0 Å². The third-order valence-corrected chi connectivity index (χ3v) is 5.82. The summed E-state index contributed by atoms with van der Waals surface area (Å²) < 4.78 is 30.7. The minimum Gasteiger partial charge on any atom is -0.444 e. The summed E-state index contributed by atoms with van der Waals surface area (Å²) in [6.45, 7) is 6.07. The predicted molar refractivity (Wildman–Crippen MR) is 88.8 cm³/mol. The van der Waals surface area contributed by atoms with Gasteiger partial charge < -0.3 is 15.0 Å². The van der Waals surface area contributed by atoms with Gasteiger partial charge in [-0.1, -0.05) is 0 Å². The van der Waals surface area contributed by atoms with E-state index in [0.29, 0.717) is 6.54 Å². The summed E-state index contributed by atoms with van der Waals surface area (Å²) in [5, 5.41) is 3.32. The number of nitrogens with one attached hydrogen (secondary N) is 2. The molecule has 2 aliphatic rings. The van der Waals surface area contributed by atoms with E-state index in [-0.39, 0.29) is 30.0 Å². The summed E-state index contributed by atoms with van der Waals surface area (Å²) in [6.07, 6.45) is 3.49. The molecule has 2 rings (SSSR count). The van der Waals surface area contributed by atoms with E-state index in [1.54, 1.807) is 0 Å². The van der Waals surface area contributed by atoms with Crippen molar-refractivity contribution < 1.29 is 17.9 Å². The Balaban J connectivity index is 1.86. The first kappa shape index (κ1) is 18.5. The van der Waals surface area contributed by atoms with Crippen LogP contribution in [0.25, 0.3) is 0 Å². The van der Waals surface area contributed by atoms with Gasteiger partial charge in [-0.2, -0.15) is 0 Å². The van der Waals surface area contributed by atoms with Gasteiger partial charge in [-0.25, -0.2) is 17.9 Å². The van der Waals surface area contributed by atoms with E-state index in [4.69, 9.17) is 4.74 Å². The van der Waals surface area contributed by atoms with Gasteiger partial charge in [-0.3, -0.25) is 0 Å². The highest BCUT2D eigenvalue weighted by molar-refractivity contribution is 7.89. The number of carbonyl (C=O) groups excluding carboxylic acids is 1. The Hall–Kier alpha value is -0.860. The van der Waals surface area contributed by atoms with Crippen molar-refractivity contribution in [3.63, 3.8) is 0 Å². The van der Waals surface area contributed by atoms with Crippen molar-refractivity contribution in [2.75, 3.05) is 19.3 Å². The molecule has 0 radical (unpaired) electrons. The molecule has 2 N–H and O–H groups in total. The highest BCUT2D eigenvalue weighted by Gasteiger charge is 2.44. The fourth-order valence-electron chi connectivity index (χ4n) is 3.46. The molecule has 8 heteroatoms. The molecule has 2 aliphatic heterocycles. The van der Waals surface area contributed by atoms with Crippen LogP contribution in [0.5, 0.6) is 0 Å². The average molecular weight is 347 g/mol. The molecule has 23 heavy (non-hydrogen) atoms. The molecule has 7 nitrogen and oxygen atoms in total. The molecular weight excluding hydrogens is 318 g/mol. The van der Waals surface area contributed by atoms with Crippen LogP contribution in [0.3, 0.4) is 0 Å². The summed E-state index contributed by atoms with van der Waals surface area (Å²) in [5.74, 6) is 0.0745. The van der Waals surface area contributed by atoms with Crippen molar-refractivity contribution in [1.29, 1.82) is 0 Å². The fraction of sp³-hybridized carbons (Fsp3) is 0.933. The van der Waals surface area contributed by atoms with Crippen LogP contribution in [0.2, 0.25) is 0 Å². The number of ether oxygens (including phenoxy) is 1. The van der Waals surface area contributed by atoms with E-state index in [2.05, 4.69) is 10.0 Å². The zero-order valence-electron chi connectivity index (χ0n) is 14.5. The normalized spacial score (nSPS) is 28.0. The monoisotopic (exact) mass is 347 g/mol. The number of sulfonamides is 1. The van der Waals surface area contributed by atoms with Crippen LogP contribution in [-0.2, 0) is 14.8 Å². The lowest BCUT2D eigenvalue weighted by molar-refractivity contribution is 0.00483. The fourth-order valence-corrected chi connectivity index (χ4v) is 4.05. The van der Waals surface area contributed by atoms with E-state index >= 15 is 0 Å². The van der Waals surface area contributed by atoms with Crippen molar-refractivity contribution in [2.45, 2.75) is 70.2 Å². The minimum absolute atomic E-state index is 0.0745. The number of piperidine rings is 1. The summed E-state index contributed by atoms with van der Waals surface area (Å²) >= 11 is 0. The Labute approximate surface area is 139 Å². The summed E-state index contributed by atoms with van der Waals surface area (Å²) in [6, 6.07) is 0.655. The SMILES string of the molecule is CNS(=O)(=O)CCNC1CC2CCC(C1)N2C(=O)OC(C)(C)C. The Morgan fingerprint density at radius 1 is 1.22 bits per heavy atom. The van der Waals surface area contributed by atoms with E-state index in [9.17, 15) is 13.2 Å². The first-order chi connectivity index (χ1) is 10.6. The second kappa shape index (κ2) is 6.94. The summed E-state index contributed by atoms with van der Waals surface area (Å²) in [5.41, 5.74) is -0.479. The van der Waals surface area contributed by atoms with E-state index < -0.39 is 15.6 Å². The third kappa shape index (κ3) is 5.06. The molecule has 2 unspecified atom stereocenters. The van der Waals surface area contributed by atoms with Crippen LogP contribution in [0.4, 0.5) is 4.79 Å². The third-order valence-electron chi connectivity index (χ3n) is 4.45. The molecule has 0 aromatic rings. The zero-order chi connectivity index (χ0) is 17.3. The van der Waals surface area contributed by atoms with E-state index in [1.165, 1.54) is 7.05 Å².